The van der Waals surface area contributed by atoms with Crippen LogP contribution in [-0.2, 0) is 13.7 Å². The summed E-state index contributed by atoms with van der Waals surface area (Å²) in [6, 6.07) is 12.2. The van der Waals surface area contributed by atoms with Crippen molar-refractivity contribution < 1.29 is 23.8 Å². The van der Waals surface area contributed by atoms with E-state index in [1.54, 1.807) is 65.6 Å². The molecule has 0 N–H and O–H groups in total. The van der Waals surface area contributed by atoms with E-state index in [1.807, 2.05) is 17.8 Å². The summed E-state index contributed by atoms with van der Waals surface area (Å²) < 4.78 is 18.2. The highest BCUT2D eigenvalue weighted by Gasteiger charge is 2.27. The molecule has 9 heteroatoms. The van der Waals surface area contributed by atoms with Crippen LogP contribution in [0.1, 0.15) is 26.5 Å². The number of amides is 2. The molecule has 0 unspecified atom stereocenters. The van der Waals surface area contributed by atoms with Crippen LogP contribution >= 0.6 is 0 Å². The number of hydrogen-bond acceptors (Lipinski definition) is 6. The van der Waals surface area contributed by atoms with Gasteiger partial charge in [-0.2, -0.15) is 0 Å². The summed E-state index contributed by atoms with van der Waals surface area (Å²) in [6.07, 6.45) is 3.59. The topological polar surface area (TPSA) is 86.1 Å². The minimum Gasteiger partial charge on any atom is -0.497 e. The number of imidazole rings is 1. The zero-order chi connectivity index (χ0) is 24.1. The highest BCUT2D eigenvalue weighted by Crippen LogP contribution is 2.26. The molecule has 0 spiro atoms. The fourth-order valence-corrected chi connectivity index (χ4v) is 3.82. The van der Waals surface area contributed by atoms with E-state index < -0.39 is 0 Å². The molecular weight excluding hydrogens is 436 g/mol. The number of piperazine rings is 1. The third kappa shape index (κ3) is 4.98. The van der Waals surface area contributed by atoms with Gasteiger partial charge in [0.15, 0.2) is 0 Å². The monoisotopic (exact) mass is 464 g/mol. The van der Waals surface area contributed by atoms with E-state index >= 15 is 0 Å². The van der Waals surface area contributed by atoms with Crippen molar-refractivity contribution in [3.63, 3.8) is 0 Å². The third-order valence-corrected chi connectivity index (χ3v) is 5.88. The van der Waals surface area contributed by atoms with Gasteiger partial charge in [0, 0.05) is 57.3 Å². The fourth-order valence-electron chi connectivity index (χ4n) is 3.82. The number of aryl methyl sites for hydroxylation is 1. The van der Waals surface area contributed by atoms with Crippen LogP contribution in [-0.4, -0.2) is 71.6 Å². The molecule has 3 aromatic rings. The summed E-state index contributed by atoms with van der Waals surface area (Å²) in [5.74, 6) is 2.39. The van der Waals surface area contributed by atoms with Gasteiger partial charge in [-0.15, -0.1) is 0 Å². The standard InChI is InChI=1S/C25H28N4O5/c1-27-11-10-26-23(27)17-34-19-6-4-18(5-7-19)24(30)28-12-14-29(15-13-28)25(31)21-9-8-20(32-2)16-22(21)33-3/h4-11,16H,12-15,17H2,1-3H3. The maximum atomic E-state index is 13.0. The molecule has 2 heterocycles. The zero-order valence-corrected chi connectivity index (χ0v) is 19.6. The number of carbonyl (C=O) groups is 2. The van der Waals surface area contributed by atoms with Crippen LogP contribution < -0.4 is 14.2 Å². The number of nitrogens with zero attached hydrogens (tertiary/aromatic N) is 4. The average molecular weight is 465 g/mol. The number of aromatic nitrogens is 2. The number of methoxy groups -OCH3 is 2. The van der Waals surface area contributed by atoms with E-state index in [4.69, 9.17) is 14.2 Å². The molecule has 1 aliphatic heterocycles. The molecule has 0 atom stereocenters. The minimum absolute atomic E-state index is 0.0650. The predicted molar refractivity (Wildman–Crippen MR) is 125 cm³/mol. The Hall–Kier alpha value is -4.01. The summed E-state index contributed by atoms with van der Waals surface area (Å²) in [5, 5.41) is 0. The van der Waals surface area contributed by atoms with Gasteiger partial charge in [0.2, 0.25) is 0 Å². The van der Waals surface area contributed by atoms with Crippen molar-refractivity contribution >= 4 is 11.8 Å². The van der Waals surface area contributed by atoms with Gasteiger partial charge in [0.1, 0.15) is 29.7 Å². The Balaban J connectivity index is 1.32. The number of hydrogen-bond donors (Lipinski definition) is 0. The van der Waals surface area contributed by atoms with Gasteiger partial charge in [-0.05, 0) is 36.4 Å². The van der Waals surface area contributed by atoms with E-state index in [0.29, 0.717) is 61.2 Å². The maximum Gasteiger partial charge on any atom is 0.257 e. The molecule has 9 nitrogen and oxygen atoms in total. The number of ether oxygens (including phenoxy) is 3. The molecule has 0 radical (unpaired) electrons. The second-order valence-electron chi connectivity index (χ2n) is 7.92. The van der Waals surface area contributed by atoms with Gasteiger partial charge in [-0.25, -0.2) is 4.98 Å². The summed E-state index contributed by atoms with van der Waals surface area (Å²) >= 11 is 0. The molecule has 34 heavy (non-hydrogen) atoms. The fraction of sp³-hybridized carbons (Fsp3) is 0.320. The van der Waals surface area contributed by atoms with Crippen molar-refractivity contribution in [3.05, 3.63) is 71.8 Å². The highest BCUT2D eigenvalue weighted by molar-refractivity contribution is 5.98. The Labute approximate surface area is 198 Å². The number of carbonyl (C=O) groups excluding carboxylic acids is 2. The Bertz CT molecular complexity index is 1150. The minimum atomic E-state index is -0.124. The quantitative estimate of drug-likeness (QED) is 0.534. The van der Waals surface area contributed by atoms with Crippen molar-refractivity contribution in [1.29, 1.82) is 0 Å². The Morgan fingerprint density at radius 1 is 0.882 bits per heavy atom. The first kappa shape index (κ1) is 23.2. The molecule has 1 fully saturated rings. The largest absolute Gasteiger partial charge is 0.497 e. The number of rotatable bonds is 7. The van der Waals surface area contributed by atoms with Crippen LogP contribution in [0.25, 0.3) is 0 Å². The van der Waals surface area contributed by atoms with E-state index in [9.17, 15) is 9.59 Å². The number of benzene rings is 2. The smallest absolute Gasteiger partial charge is 0.257 e. The molecule has 2 amide bonds. The summed E-state index contributed by atoms with van der Waals surface area (Å²) in [5.41, 5.74) is 1.06. The molecular formula is C25H28N4O5. The molecule has 2 aromatic carbocycles. The van der Waals surface area contributed by atoms with Crippen LogP contribution in [0.4, 0.5) is 0 Å². The molecule has 0 bridgehead atoms. The van der Waals surface area contributed by atoms with Crippen molar-refractivity contribution in [2.45, 2.75) is 6.61 Å². The Morgan fingerprint density at radius 3 is 2.12 bits per heavy atom. The first-order chi connectivity index (χ1) is 16.5. The molecule has 0 saturated carbocycles. The van der Waals surface area contributed by atoms with Crippen molar-refractivity contribution in [3.8, 4) is 17.2 Å². The molecule has 1 aliphatic rings. The molecule has 1 aromatic heterocycles. The second kappa shape index (κ2) is 10.3. The molecule has 0 aliphatic carbocycles. The maximum absolute atomic E-state index is 13.0. The Kier molecular flexibility index (Phi) is 7.01. The first-order valence-corrected chi connectivity index (χ1v) is 11.0. The van der Waals surface area contributed by atoms with Crippen LogP contribution in [0.15, 0.2) is 54.9 Å². The van der Waals surface area contributed by atoms with E-state index in [2.05, 4.69) is 4.98 Å². The van der Waals surface area contributed by atoms with Gasteiger partial charge in [-0.3, -0.25) is 9.59 Å². The summed E-state index contributed by atoms with van der Waals surface area (Å²) in [7, 11) is 5.00. The highest BCUT2D eigenvalue weighted by atomic mass is 16.5. The molecule has 1 saturated heterocycles. The third-order valence-electron chi connectivity index (χ3n) is 5.88. The van der Waals surface area contributed by atoms with Gasteiger partial charge in [0.25, 0.3) is 11.8 Å². The van der Waals surface area contributed by atoms with Gasteiger partial charge < -0.3 is 28.6 Å². The second-order valence-corrected chi connectivity index (χ2v) is 7.92. The average Bonchev–Trinajstić information content (AvgIpc) is 3.31. The lowest BCUT2D eigenvalue weighted by Crippen LogP contribution is -2.50. The summed E-state index contributed by atoms with van der Waals surface area (Å²) in [4.78, 5) is 33.7. The van der Waals surface area contributed by atoms with Gasteiger partial charge in [0.05, 0.1) is 19.8 Å². The van der Waals surface area contributed by atoms with E-state index in [-0.39, 0.29) is 11.8 Å². The normalized spacial score (nSPS) is 13.5. The van der Waals surface area contributed by atoms with Crippen LogP contribution in [0.5, 0.6) is 17.2 Å². The summed E-state index contributed by atoms with van der Waals surface area (Å²) in [6.45, 7) is 2.17. The van der Waals surface area contributed by atoms with E-state index in [0.717, 1.165) is 5.82 Å². The van der Waals surface area contributed by atoms with Gasteiger partial charge >= 0.3 is 0 Å². The lowest BCUT2D eigenvalue weighted by Gasteiger charge is -2.35. The van der Waals surface area contributed by atoms with Crippen LogP contribution in [0, 0.1) is 0 Å². The molecule has 4 rings (SSSR count). The Morgan fingerprint density at radius 2 is 1.53 bits per heavy atom. The SMILES string of the molecule is COc1ccc(C(=O)N2CCN(C(=O)c3ccc(OCc4nccn4C)cc3)CC2)c(OC)c1. The lowest BCUT2D eigenvalue weighted by molar-refractivity contribution is 0.0533. The molecule has 178 valence electrons. The van der Waals surface area contributed by atoms with E-state index in [1.165, 1.54) is 7.11 Å². The van der Waals surface area contributed by atoms with Crippen molar-refractivity contribution in [1.82, 2.24) is 19.4 Å². The predicted octanol–water partition coefficient (Wildman–Crippen LogP) is 2.61. The van der Waals surface area contributed by atoms with Crippen LogP contribution in [0.3, 0.4) is 0 Å². The van der Waals surface area contributed by atoms with Crippen molar-refractivity contribution in [2.24, 2.45) is 7.05 Å². The lowest BCUT2D eigenvalue weighted by atomic mass is 10.1. The van der Waals surface area contributed by atoms with Crippen molar-refractivity contribution in [2.75, 3.05) is 40.4 Å². The van der Waals surface area contributed by atoms with Crippen LogP contribution in [0.2, 0.25) is 0 Å². The zero-order valence-electron chi connectivity index (χ0n) is 19.6. The first-order valence-electron chi connectivity index (χ1n) is 11.0. The van der Waals surface area contributed by atoms with Gasteiger partial charge in [-0.1, -0.05) is 0 Å².